The third-order valence-electron chi connectivity index (χ3n) is 6.33. The average molecular weight is 605 g/mol. The van der Waals surface area contributed by atoms with Crippen molar-refractivity contribution >= 4 is 63.0 Å². The van der Waals surface area contributed by atoms with Crippen molar-refractivity contribution in [2.75, 3.05) is 19.5 Å². The first-order valence-electron chi connectivity index (χ1n) is 12.4. The molecule has 0 saturated carbocycles. The van der Waals surface area contributed by atoms with Crippen molar-refractivity contribution in [1.29, 1.82) is 0 Å². The maximum Gasteiger partial charge on any atom is 0.341 e. The smallest absolute Gasteiger partial charge is 0.341 e. The summed E-state index contributed by atoms with van der Waals surface area (Å²) >= 11 is 13.7. The molecule has 0 atom stereocenters. The molecular formula is C28H27Cl2N3O6S. The highest BCUT2D eigenvalue weighted by molar-refractivity contribution is 7.17. The quantitative estimate of drug-likeness (QED) is 0.146. The summed E-state index contributed by atoms with van der Waals surface area (Å²) in [5.41, 5.74) is 5.15. The molecule has 0 fully saturated rings. The van der Waals surface area contributed by atoms with Crippen LogP contribution < -0.4 is 20.2 Å². The van der Waals surface area contributed by atoms with Gasteiger partial charge in [-0.05, 0) is 68.5 Å². The zero-order valence-corrected chi connectivity index (χ0v) is 24.4. The van der Waals surface area contributed by atoms with E-state index in [-0.39, 0.29) is 6.61 Å². The lowest BCUT2D eigenvalue weighted by Crippen LogP contribution is -2.33. The molecule has 0 spiro atoms. The Morgan fingerprint density at radius 1 is 1.00 bits per heavy atom. The van der Waals surface area contributed by atoms with Crippen LogP contribution in [0.4, 0.5) is 5.00 Å². The van der Waals surface area contributed by atoms with Crippen LogP contribution in [-0.4, -0.2) is 37.7 Å². The average Bonchev–Trinajstić information content (AvgIpc) is 3.32. The normalized spacial score (nSPS) is 12.8. The van der Waals surface area contributed by atoms with Gasteiger partial charge in [0.2, 0.25) is 0 Å². The Bertz CT molecular complexity index is 1470. The van der Waals surface area contributed by atoms with Crippen LogP contribution in [0.15, 0.2) is 41.5 Å². The standard InChI is InChI=1S/C28H27Cl2N3O6S/c1-15(16-11-12-21(22(13-16)37-2)39-14-18-19(29)8-6-9-20(18)30)32-33-26(35)25(34)31-27-24(28(36)38-3)17-7-4-5-10-23(17)40-27/h6,8-9,11-13H,4-5,7,10,14H2,1-3H3,(H,31,34)(H,33,35). The predicted molar refractivity (Wildman–Crippen MR) is 155 cm³/mol. The lowest BCUT2D eigenvalue weighted by molar-refractivity contribution is -0.136. The van der Waals surface area contributed by atoms with Crippen molar-refractivity contribution in [3.05, 3.63) is 73.6 Å². The molecule has 1 aromatic heterocycles. The fraction of sp³-hybridized carbons (Fsp3) is 0.286. The van der Waals surface area contributed by atoms with E-state index in [1.165, 1.54) is 25.6 Å². The van der Waals surface area contributed by atoms with Crippen molar-refractivity contribution in [2.24, 2.45) is 5.10 Å². The Hall–Kier alpha value is -3.60. The number of nitrogens with zero attached hydrogens (tertiary/aromatic N) is 1. The second-order valence-electron chi connectivity index (χ2n) is 8.85. The molecule has 1 heterocycles. The van der Waals surface area contributed by atoms with Crippen molar-refractivity contribution in [3.63, 3.8) is 0 Å². The minimum Gasteiger partial charge on any atom is -0.493 e. The molecule has 40 heavy (non-hydrogen) atoms. The number of amides is 2. The number of hydrogen-bond donors (Lipinski definition) is 2. The first-order chi connectivity index (χ1) is 19.2. The van der Waals surface area contributed by atoms with Crippen LogP contribution in [0.2, 0.25) is 10.0 Å². The van der Waals surface area contributed by atoms with E-state index in [0.29, 0.717) is 48.9 Å². The highest BCUT2D eigenvalue weighted by Gasteiger charge is 2.28. The second kappa shape index (κ2) is 13.2. The Morgan fingerprint density at radius 3 is 2.42 bits per heavy atom. The van der Waals surface area contributed by atoms with Gasteiger partial charge in [0, 0.05) is 26.0 Å². The van der Waals surface area contributed by atoms with Crippen molar-refractivity contribution in [2.45, 2.75) is 39.2 Å². The number of rotatable bonds is 8. The molecule has 2 aromatic carbocycles. The molecule has 12 heteroatoms. The molecule has 0 aliphatic heterocycles. The number of aryl methyl sites for hydroxylation is 1. The summed E-state index contributed by atoms with van der Waals surface area (Å²) in [6.45, 7) is 1.80. The molecule has 1 aliphatic carbocycles. The molecule has 2 amide bonds. The van der Waals surface area contributed by atoms with E-state index in [4.69, 9.17) is 37.4 Å². The largest absolute Gasteiger partial charge is 0.493 e. The van der Waals surface area contributed by atoms with Crippen molar-refractivity contribution in [3.8, 4) is 11.5 Å². The summed E-state index contributed by atoms with van der Waals surface area (Å²) < 4.78 is 16.2. The molecule has 9 nitrogen and oxygen atoms in total. The molecule has 210 valence electrons. The van der Waals surface area contributed by atoms with Crippen LogP contribution in [0.25, 0.3) is 0 Å². The van der Waals surface area contributed by atoms with Crippen LogP contribution in [-0.2, 0) is 33.8 Å². The first-order valence-corrected chi connectivity index (χ1v) is 13.9. The number of carbonyl (C=O) groups is 3. The third-order valence-corrected chi connectivity index (χ3v) is 8.25. The van der Waals surface area contributed by atoms with Crippen LogP contribution in [0.5, 0.6) is 11.5 Å². The van der Waals surface area contributed by atoms with Crippen LogP contribution in [0.1, 0.15) is 51.7 Å². The summed E-state index contributed by atoms with van der Waals surface area (Å²) in [5, 5.41) is 7.89. The SMILES string of the molecule is COC(=O)c1c(NC(=O)C(=O)NN=C(C)c2ccc(OCc3c(Cl)cccc3Cl)c(OC)c2)sc2c1CCCC2. The minimum atomic E-state index is -0.981. The summed E-state index contributed by atoms with van der Waals surface area (Å²) in [6.07, 6.45) is 3.49. The molecule has 0 unspecified atom stereocenters. The number of nitrogens with one attached hydrogen (secondary N) is 2. The van der Waals surface area contributed by atoms with Gasteiger partial charge >= 0.3 is 17.8 Å². The summed E-state index contributed by atoms with van der Waals surface area (Å²) in [6, 6.07) is 10.3. The number of hydrogen-bond acceptors (Lipinski definition) is 8. The fourth-order valence-electron chi connectivity index (χ4n) is 4.21. The maximum atomic E-state index is 12.6. The lowest BCUT2D eigenvalue weighted by atomic mass is 9.95. The van der Waals surface area contributed by atoms with E-state index in [1.54, 1.807) is 43.3 Å². The fourth-order valence-corrected chi connectivity index (χ4v) is 5.99. The summed E-state index contributed by atoms with van der Waals surface area (Å²) in [5.74, 6) is -1.58. The number of benzene rings is 2. The number of methoxy groups -OCH3 is 2. The Morgan fingerprint density at radius 2 is 1.73 bits per heavy atom. The topological polar surface area (TPSA) is 115 Å². The van der Waals surface area contributed by atoms with Crippen molar-refractivity contribution in [1.82, 2.24) is 5.43 Å². The van der Waals surface area contributed by atoms with Gasteiger partial charge in [-0.3, -0.25) is 9.59 Å². The van der Waals surface area contributed by atoms with Gasteiger partial charge in [-0.25, -0.2) is 10.2 Å². The van der Waals surface area contributed by atoms with Gasteiger partial charge in [-0.1, -0.05) is 29.3 Å². The van der Waals surface area contributed by atoms with E-state index in [0.717, 1.165) is 36.1 Å². The molecule has 4 rings (SSSR count). The summed E-state index contributed by atoms with van der Waals surface area (Å²) in [7, 11) is 2.78. The zero-order valence-electron chi connectivity index (χ0n) is 22.1. The zero-order chi connectivity index (χ0) is 28.8. The monoisotopic (exact) mass is 603 g/mol. The number of hydrazone groups is 1. The van der Waals surface area contributed by atoms with Gasteiger partial charge in [0.25, 0.3) is 0 Å². The van der Waals surface area contributed by atoms with E-state index < -0.39 is 17.8 Å². The highest BCUT2D eigenvalue weighted by Crippen LogP contribution is 2.38. The van der Waals surface area contributed by atoms with Crippen molar-refractivity contribution < 1.29 is 28.6 Å². The third kappa shape index (κ3) is 6.57. The molecule has 3 aromatic rings. The number of ether oxygens (including phenoxy) is 3. The highest BCUT2D eigenvalue weighted by atomic mass is 35.5. The number of esters is 1. The van der Waals surface area contributed by atoms with Crippen LogP contribution in [0, 0.1) is 0 Å². The maximum absolute atomic E-state index is 12.6. The van der Waals surface area contributed by atoms with E-state index >= 15 is 0 Å². The van der Waals surface area contributed by atoms with Gasteiger partial charge in [-0.15, -0.1) is 11.3 Å². The minimum absolute atomic E-state index is 0.136. The Labute approximate surface area is 245 Å². The van der Waals surface area contributed by atoms with E-state index in [1.807, 2.05) is 0 Å². The molecule has 0 radical (unpaired) electrons. The van der Waals surface area contributed by atoms with Gasteiger partial charge in [0.15, 0.2) is 11.5 Å². The Kier molecular flexibility index (Phi) is 9.67. The second-order valence-corrected chi connectivity index (χ2v) is 10.8. The number of carbonyl (C=O) groups excluding carboxylic acids is 3. The predicted octanol–water partition coefficient (Wildman–Crippen LogP) is 5.79. The number of halogens is 2. The Balaban J connectivity index is 1.42. The first kappa shape index (κ1) is 29.4. The number of fused-ring (bicyclic) bond motifs is 1. The summed E-state index contributed by atoms with van der Waals surface area (Å²) in [4.78, 5) is 38.6. The van der Waals surface area contributed by atoms with Gasteiger partial charge in [-0.2, -0.15) is 5.10 Å². The molecule has 0 saturated heterocycles. The molecule has 1 aliphatic rings. The number of anilines is 1. The van der Waals surface area contributed by atoms with Crippen LogP contribution >= 0.6 is 34.5 Å². The molecular weight excluding hydrogens is 577 g/mol. The van der Waals surface area contributed by atoms with Gasteiger partial charge < -0.3 is 19.5 Å². The molecule has 0 bridgehead atoms. The van der Waals surface area contributed by atoms with Gasteiger partial charge in [0.1, 0.15) is 11.6 Å². The van der Waals surface area contributed by atoms with E-state index in [9.17, 15) is 14.4 Å². The van der Waals surface area contributed by atoms with Gasteiger partial charge in [0.05, 0.1) is 25.5 Å². The number of thiophene rings is 1. The van der Waals surface area contributed by atoms with Crippen LogP contribution in [0.3, 0.4) is 0 Å². The van der Waals surface area contributed by atoms with E-state index in [2.05, 4.69) is 15.8 Å². The lowest BCUT2D eigenvalue weighted by Gasteiger charge is -2.13. The molecule has 2 N–H and O–H groups in total.